The van der Waals surface area contributed by atoms with Gasteiger partial charge in [-0.2, -0.15) is 0 Å². The van der Waals surface area contributed by atoms with Crippen LogP contribution in [0.3, 0.4) is 0 Å². The lowest BCUT2D eigenvalue weighted by Crippen LogP contribution is -2.37. The summed E-state index contributed by atoms with van der Waals surface area (Å²) in [6, 6.07) is 17.6. The summed E-state index contributed by atoms with van der Waals surface area (Å²) < 4.78 is 17.5. The number of hydrogen-bond donors (Lipinski definition) is 0. The van der Waals surface area contributed by atoms with Gasteiger partial charge >= 0.3 is 17.9 Å². The van der Waals surface area contributed by atoms with Crippen molar-refractivity contribution in [3.05, 3.63) is 83.9 Å². The van der Waals surface area contributed by atoms with Crippen molar-refractivity contribution < 1.29 is 28.6 Å². The van der Waals surface area contributed by atoms with Crippen LogP contribution in [0, 0.1) is 11.8 Å². The Labute approximate surface area is 206 Å². The van der Waals surface area contributed by atoms with Crippen molar-refractivity contribution in [2.75, 3.05) is 0 Å². The number of carbonyl (C=O) groups excluding carboxylic acids is 3. The fourth-order valence-electron chi connectivity index (χ4n) is 5.01. The zero-order chi connectivity index (χ0) is 24.6. The van der Waals surface area contributed by atoms with Gasteiger partial charge in [0.15, 0.2) is 0 Å². The van der Waals surface area contributed by atoms with Crippen LogP contribution in [0.5, 0.6) is 0 Å². The average Bonchev–Trinajstić information content (AvgIpc) is 3.39. The molecule has 0 bridgehead atoms. The van der Waals surface area contributed by atoms with Crippen molar-refractivity contribution in [2.45, 2.75) is 63.8 Å². The molecule has 2 aromatic carbocycles. The molecule has 35 heavy (non-hydrogen) atoms. The Morgan fingerprint density at radius 1 is 1.00 bits per heavy atom. The van der Waals surface area contributed by atoms with Gasteiger partial charge in [-0.1, -0.05) is 62.2 Å². The van der Waals surface area contributed by atoms with Crippen LogP contribution in [0.1, 0.15) is 66.2 Å². The molecule has 0 radical (unpaired) electrons. The maximum atomic E-state index is 13.0. The second-order valence-electron chi connectivity index (χ2n) is 9.18. The van der Waals surface area contributed by atoms with Crippen molar-refractivity contribution >= 4 is 17.9 Å². The van der Waals surface area contributed by atoms with Crippen LogP contribution in [0.25, 0.3) is 0 Å². The van der Waals surface area contributed by atoms with Crippen LogP contribution >= 0.6 is 0 Å². The van der Waals surface area contributed by atoms with Crippen molar-refractivity contribution in [2.24, 2.45) is 11.8 Å². The second-order valence-corrected chi connectivity index (χ2v) is 9.18. The van der Waals surface area contributed by atoms with Crippen LogP contribution in [0.4, 0.5) is 0 Å². The summed E-state index contributed by atoms with van der Waals surface area (Å²) >= 11 is 0. The Balaban J connectivity index is 1.58. The molecule has 0 unspecified atom stereocenters. The van der Waals surface area contributed by atoms with E-state index in [1.165, 1.54) is 0 Å². The first-order valence-corrected chi connectivity index (χ1v) is 12.4. The van der Waals surface area contributed by atoms with E-state index in [9.17, 15) is 14.4 Å². The molecule has 6 nitrogen and oxygen atoms in total. The molecule has 0 N–H and O–H groups in total. The Morgan fingerprint density at radius 3 is 2.31 bits per heavy atom. The molecule has 0 spiro atoms. The van der Waals surface area contributed by atoms with E-state index in [0.29, 0.717) is 17.5 Å². The average molecular weight is 477 g/mol. The minimum Gasteiger partial charge on any atom is -0.462 e. The number of rotatable bonds is 10. The Kier molecular flexibility index (Phi) is 8.35. The van der Waals surface area contributed by atoms with Gasteiger partial charge in [-0.25, -0.2) is 9.59 Å². The van der Waals surface area contributed by atoms with Crippen LogP contribution in [-0.2, 0) is 19.0 Å². The molecule has 2 aromatic rings. The number of fused-ring (bicyclic) bond motifs is 1. The second kappa shape index (κ2) is 11.8. The van der Waals surface area contributed by atoms with Gasteiger partial charge in [0.25, 0.3) is 0 Å². The van der Waals surface area contributed by atoms with Gasteiger partial charge in [0.05, 0.1) is 17.5 Å². The van der Waals surface area contributed by atoms with Crippen molar-refractivity contribution in [3.63, 3.8) is 0 Å². The highest BCUT2D eigenvalue weighted by atomic mass is 16.6. The minimum atomic E-state index is -0.651. The third-order valence-corrected chi connectivity index (χ3v) is 6.75. The predicted molar refractivity (Wildman–Crippen MR) is 131 cm³/mol. The van der Waals surface area contributed by atoms with E-state index >= 15 is 0 Å². The third kappa shape index (κ3) is 6.18. The number of hydrogen-bond acceptors (Lipinski definition) is 6. The number of allylic oxidation sites excluding steroid dienone is 1. The first-order chi connectivity index (χ1) is 17.1. The lowest BCUT2D eigenvalue weighted by atomic mass is 9.86. The molecule has 1 saturated heterocycles. The van der Waals surface area contributed by atoms with E-state index in [-0.39, 0.29) is 30.3 Å². The molecule has 0 aromatic heterocycles. The molecule has 0 amide bonds. The zero-order valence-electron chi connectivity index (χ0n) is 20.0. The molecule has 1 heterocycles. The van der Waals surface area contributed by atoms with Crippen molar-refractivity contribution in [1.29, 1.82) is 0 Å². The van der Waals surface area contributed by atoms with Crippen LogP contribution < -0.4 is 0 Å². The quantitative estimate of drug-likeness (QED) is 0.194. The fourth-order valence-corrected chi connectivity index (χ4v) is 5.01. The summed E-state index contributed by atoms with van der Waals surface area (Å²) in [5.74, 6) is -1.72. The van der Waals surface area contributed by atoms with Gasteiger partial charge in [0.1, 0.15) is 18.3 Å². The maximum absolute atomic E-state index is 13.0. The summed E-state index contributed by atoms with van der Waals surface area (Å²) in [4.78, 5) is 38.0. The molecule has 1 saturated carbocycles. The van der Waals surface area contributed by atoms with E-state index in [1.807, 2.05) is 24.3 Å². The van der Waals surface area contributed by atoms with Crippen molar-refractivity contribution in [1.82, 2.24) is 0 Å². The van der Waals surface area contributed by atoms with Crippen LogP contribution in [-0.4, -0.2) is 36.2 Å². The number of benzene rings is 2. The SMILES string of the molecule is CCCCC/C=C\[C@@H](OC(=O)c1ccccc1)[C@@H]1[C@H]2CC(=O)O[C@H]2C[C@H]1OC(=O)c1ccccc1. The molecular formula is C29H32O6. The van der Waals surface area contributed by atoms with Gasteiger partial charge < -0.3 is 14.2 Å². The van der Waals surface area contributed by atoms with E-state index in [1.54, 1.807) is 48.5 Å². The highest BCUT2D eigenvalue weighted by molar-refractivity contribution is 5.90. The van der Waals surface area contributed by atoms with E-state index in [2.05, 4.69) is 6.92 Å². The maximum Gasteiger partial charge on any atom is 0.338 e. The molecule has 6 heteroatoms. The third-order valence-electron chi connectivity index (χ3n) is 6.75. The predicted octanol–water partition coefficient (Wildman–Crippen LogP) is 5.53. The molecule has 4 rings (SSSR count). The number of esters is 3. The molecule has 2 fully saturated rings. The van der Waals surface area contributed by atoms with Gasteiger partial charge in [0, 0.05) is 18.3 Å². The largest absolute Gasteiger partial charge is 0.462 e. The highest BCUT2D eigenvalue weighted by Crippen LogP contribution is 2.45. The molecular weight excluding hydrogens is 444 g/mol. The normalized spacial score (nSPS) is 24.1. The Bertz CT molecular complexity index is 1030. The molecule has 1 aliphatic carbocycles. The molecule has 184 valence electrons. The lowest BCUT2D eigenvalue weighted by Gasteiger charge is -2.29. The fraction of sp³-hybridized carbons (Fsp3) is 0.414. The molecule has 1 aliphatic heterocycles. The van der Waals surface area contributed by atoms with Gasteiger partial charge in [-0.15, -0.1) is 0 Å². The minimum absolute atomic E-state index is 0.190. The van der Waals surface area contributed by atoms with Crippen LogP contribution in [0.15, 0.2) is 72.8 Å². The number of ether oxygens (including phenoxy) is 3. The highest BCUT2D eigenvalue weighted by Gasteiger charge is 2.55. The standard InChI is InChI=1S/C29H32O6/c1-2-3-4-5-12-17-23(34-28(31)20-13-8-6-9-14-20)27-22-18-26(30)33-24(22)19-25(27)35-29(32)21-15-10-7-11-16-21/h6-17,22-25,27H,2-5,18-19H2,1H3/b17-12-/t22-,23+,24-,25+,27-/m0/s1. The number of unbranched alkanes of at least 4 members (excludes halogenated alkanes) is 3. The summed E-state index contributed by atoms with van der Waals surface area (Å²) in [6.45, 7) is 2.15. The lowest BCUT2D eigenvalue weighted by molar-refractivity contribution is -0.141. The first-order valence-electron chi connectivity index (χ1n) is 12.4. The molecule has 5 atom stereocenters. The monoisotopic (exact) mass is 476 g/mol. The summed E-state index contributed by atoms with van der Waals surface area (Å²) in [6.07, 6.45) is 7.12. The Morgan fingerprint density at radius 2 is 1.66 bits per heavy atom. The van der Waals surface area contributed by atoms with Crippen molar-refractivity contribution in [3.8, 4) is 0 Å². The van der Waals surface area contributed by atoms with Gasteiger partial charge in [-0.05, 0) is 43.2 Å². The summed E-state index contributed by atoms with van der Waals surface area (Å²) in [5, 5.41) is 0. The summed E-state index contributed by atoms with van der Waals surface area (Å²) in [5.41, 5.74) is 0.899. The topological polar surface area (TPSA) is 78.9 Å². The Hall–Kier alpha value is -3.41. The van der Waals surface area contributed by atoms with E-state index < -0.39 is 24.1 Å². The smallest absolute Gasteiger partial charge is 0.338 e. The van der Waals surface area contributed by atoms with Gasteiger partial charge in [0.2, 0.25) is 0 Å². The summed E-state index contributed by atoms with van der Waals surface area (Å²) in [7, 11) is 0. The van der Waals surface area contributed by atoms with Crippen LogP contribution in [0.2, 0.25) is 0 Å². The number of carbonyl (C=O) groups is 3. The first kappa shape index (κ1) is 24.7. The van der Waals surface area contributed by atoms with Gasteiger partial charge in [-0.3, -0.25) is 4.79 Å². The van der Waals surface area contributed by atoms with E-state index in [4.69, 9.17) is 14.2 Å². The molecule has 2 aliphatic rings. The van der Waals surface area contributed by atoms with E-state index in [0.717, 1.165) is 25.7 Å². The zero-order valence-corrected chi connectivity index (χ0v) is 20.0.